The first-order valence-corrected chi connectivity index (χ1v) is 11.6. The smallest absolute Gasteiger partial charge is 0.0552 e. The van der Waals surface area contributed by atoms with Crippen molar-refractivity contribution in [1.82, 2.24) is 4.90 Å². The van der Waals surface area contributed by atoms with Gasteiger partial charge in [-0.15, -0.1) is 0 Å². The topological polar surface area (TPSA) is 6.48 Å². The average molecular weight is 433 g/mol. The van der Waals surface area contributed by atoms with Crippen molar-refractivity contribution in [3.8, 4) is 0 Å². The summed E-state index contributed by atoms with van der Waals surface area (Å²) in [5.41, 5.74) is 2.64. The Labute approximate surface area is 185 Å². The zero-order chi connectivity index (χ0) is 20.4. The van der Waals surface area contributed by atoms with E-state index in [0.29, 0.717) is 0 Å². The van der Waals surface area contributed by atoms with Gasteiger partial charge in [0.25, 0.3) is 0 Å². The van der Waals surface area contributed by atoms with Gasteiger partial charge in [0.05, 0.1) is 11.4 Å². The lowest BCUT2D eigenvalue weighted by Crippen LogP contribution is -2.42. The molecular formula is C23H32N2S3. The number of thiol groups is 2. The maximum Gasteiger partial charge on any atom is 0.0552 e. The van der Waals surface area contributed by atoms with Crippen LogP contribution >= 0.6 is 37.0 Å². The largest absolute Gasteiger partial charge is 0.340 e. The van der Waals surface area contributed by atoms with Crippen molar-refractivity contribution < 1.29 is 0 Å². The lowest BCUT2D eigenvalue weighted by molar-refractivity contribution is 0.239. The fraction of sp³-hybridized carbons (Fsp3) is 0.478. The van der Waals surface area contributed by atoms with Crippen LogP contribution in [0.3, 0.4) is 0 Å². The Kier molecular flexibility index (Phi) is 7.01. The van der Waals surface area contributed by atoms with Gasteiger partial charge in [-0.2, -0.15) is 25.3 Å². The first kappa shape index (κ1) is 21.9. The minimum absolute atomic E-state index is 0.0139. The highest BCUT2D eigenvalue weighted by Gasteiger charge is 2.25. The molecule has 0 spiro atoms. The van der Waals surface area contributed by atoms with Crippen molar-refractivity contribution in [2.45, 2.75) is 53.4 Å². The number of para-hydroxylation sites is 2. The molecule has 2 nitrogen and oxygen atoms in total. The predicted octanol–water partition coefficient (Wildman–Crippen LogP) is 6.40. The average Bonchev–Trinajstić information content (AvgIpc) is 2.58. The van der Waals surface area contributed by atoms with Gasteiger partial charge in [-0.3, -0.25) is 0 Å². The number of anilines is 2. The van der Waals surface area contributed by atoms with Gasteiger partial charge in [0, 0.05) is 38.9 Å². The summed E-state index contributed by atoms with van der Waals surface area (Å²) in [6.07, 6.45) is 1.10. The molecule has 2 aromatic rings. The maximum atomic E-state index is 4.76. The molecule has 1 aliphatic heterocycles. The second kappa shape index (κ2) is 8.95. The number of nitrogens with zero attached hydrogens (tertiary/aromatic N) is 2. The van der Waals surface area contributed by atoms with E-state index in [4.69, 9.17) is 25.3 Å². The van der Waals surface area contributed by atoms with E-state index < -0.39 is 0 Å². The van der Waals surface area contributed by atoms with Crippen LogP contribution in [-0.4, -0.2) is 40.6 Å². The molecule has 1 aliphatic rings. The Morgan fingerprint density at radius 3 is 1.75 bits per heavy atom. The van der Waals surface area contributed by atoms with Crippen molar-refractivity contribution in [3.63, 3.8) is 0 Å². The normalized spacial score (nSPS) is 14.2. The molecule has 0 saturated carbocycles. The van der Waals surface area contributed by atoms with Crippen LogP contribution < -0.4 is 4.90 Å². The van der Waals surface area contributed by atoms with Gasteiger partial charge in [0.1, 0.15) is 0 Å². The molecule has 0 atom stereocenters. The molecule has 0 unspecified atom stereocenters. The van der Waals surface area contributed by atoms with Crippen LogP contribution in [0.4, 0.5) is 11.4 Å². The zero-order valence-corrected chi connectivity index (χ0v) is 20.0. The minimum atomic E-state index is -0.0139. The van der Waals surface area contributed by atoms with Crippen molar-refractivity contribution in [3.05, 3.63) is 48.5 Å². The maximum absolute atomic E-state index is 4.76. The highest BCUT2D eigenvalue weighted by Crippen LogP contribution is 2.47. The van der Waals surface area contributed by atoms with E-state index in [-0.39, 0.29) is 9.49 Å². The molecule has 0 saturated heterocycles. The van der Waals surface area contributed by atoms with Crippen molar-refractivity contribution in [2.24, 2.45) is 0 Å². The van der Waals surface area contributed by atoms with Gasteiger partial charge in [-0.1, -0.05) is 36.0 Å². The molecule has 28 heavy (non-hydrogen) atoms. The Balaban J connectivity index is 1.73. The quantitative estimate of drug-likeness (QED) is 0.466. The summed E-state index contributed by atoms with van der Waals surface area (Å²) in [6, 6.07) is 17.5. The highest BCUT2D eigenvalue weighted by molar-refractivity contribution is 7.99. The molecule has 0 fully saturated rings. The number of hydrogen-bond acceptors (Lipinski definition) is 5. The Hall–Kier alpha value is -0.750. The standard InChI is InChI=1S/C23H32N2S3/c1-22(2,26)16-24(17-23(3,4)27)14-9-15-25-18-10-5-7-12-20(18)28-21-13-8-6-11-19(21)25/h5-8,10-13,26-27H,9,14-17H2,1-4H3. The van der Waals surface area contributed by atoms with Gasteiger partial charge < -0.3 is 9.80 Å². The van der Waals surface area contributed by atoms with E-state index in [1.165, 1.54) is 21.2 Å². The minimum Gasteiger partial charge on any atom is -0.340 e. The van der Waals surface area contributed by atoms with E-state index in [2.05, 4.69) is 86.0 Å². The molecule has 1 heterocycles. The predicted molar refractivity (Wildman–Crippen MR) is 131 cm³/mol. The van der Waals surface area contributed by atoms with Crippen molar-refractivity contribution in [1.29, 1.82) is 0 Å². The number of benzene rings is 2. The zero-order valence-electron chi connectivity index (χ0n) is 17.4. The molecule has 152 valence electrons. The summed E-state index contributed by atoms with van der Waals surface area (Å²) in [5, 5.41) is 0. The second-order valence-corrected chi connectivity index (χ2v) is 12.4. The Morgan fingerprint density at radius 2 is 1.29 bits per heavy atom. The van der Waals surface area contributed by atoms with Gasteiger partial charge in [-0.25, -0.2) is 0 Å². The highest BCUT2D eigenvalue weighted by atomic mass is 32.2. The number of rotatable bonds is 8. The lowest BCUT2D eigenvalue weighted by atomic mass is 10.1. The molecule has 0 aliphatic carbocycles. The van der Waals surface area contributed by atoms with Gasteiger partial charge >= 0.3 is 0 Å². The Morgan fingerprint density at radius 1 is 0.821 bits per heavy atom. The fourth-order valence-corrected chi connectivity index (χ4v) is 5.28. The van der Waals surface area contributed by atoms with E-state index in [1.807, 2.05) is 11.8 Å². The third-order valence-electron chi connectivity index (χ3n) is 4.61. The van der Waals surface area contributed by atoms with Gasteiger partial charge in [-0.05, 0) is 64.9 Å². The van der Waals surface area contributed by atoms with E-state index in [1.54, 1.807) is 0 Å². The van der Waals surface area contributed by atoms with Crippen LogP contribution in [0, 0.1) is 0 Å². The molecule has 0 radical (unpaired) electrons. The number of hydrogen-bond donors (Lipinski definition) is 2. The van der Waals surface area contributed by atoms with Crippen LogP contribution in [0.25, 0.3) is 0 Å². The number of fused-ring (bicyclic) bond motifs is 2. The first-order chi connectivity index (χ1) is 13.1. The summed E-state index contributed by atoms with van der Waals surface area (Å²) in [7, 11) is 0. The molecule has 0 aromatic heterocycles. The van der Waals surface area contributed by atoms with Gasteiger partial charge in [0.2, 0.25) is 0 Å². The molecule has 0 bridgehead atoms. The molecule has 0 amide bonds. The first-order valence-electron chi connectivity index (χ1n) is 9.93. The molecule has 5 heteroatoms. The third-order valence-corrected chi connectivity index (χ3v) is 6.02. The summed E-state index contributed by atoms with van der Waals surface area (Å²) in [4.78, 5) is 7.67. The SMILES string of the molecule is CC(C)(S)CN(CCCN1c2ccccc2Sc2ccccc21)CC(C)(C)S. The van der Waals surface area contributed by atoms with Crippen molar-refractivity contribution >= 4 is 48.4 Å². The van der Waals surface area contributed by atoms with Crippen LogP contribution in [0.1, 0.15) is 34.1 Å². The van der Waals surface area contributed by atoms with Crippen LogP contribution in [0.15, 0.2) is 58.3 Å². The summed E-state index contributed by atoms with van der Waals surface area (Å²) < 4.78 is -0.0278. The fourth-order valence-electron chi connectivity index (χ4n) is 3.78. The summed E-state index contributed by atoms with van der Waals surface area (Å²) in [6.45, 7) is 12.7. The molecular weight excluding hydrogens is 400 g/mol. The molecule has 0 N–H and O–H groups in total. The second-order valence-electron chi connectivity index (χ2n) is 8.88. The van der Waals surface area contributed by atoms with Crippen LogP contribution in [0.5, 0.6) is 0 Å². The van der Waals surface area contributed by atoms with Gasteiger partial charge in [0.15, 0.2) is 0 Å². The Bertz CT molecular complexity index is 731. The third kappa shape index (κ3) is 6.12. The summed E-state index contributed by atoms with van der Waals surface area (Å²) in [5.74, 6) is 0. The van der Waals surface area contributed by atoms with E-state index in [9.17, 15) is 0 Å². The van der Waals surface area contributed by atoms with E-state index >= 15 is 0 Å². The van der Waals surface area contributed by atoms with Crippen molar-refractivity contribution in [2.75, 3.05) is 31.1 Å². The lowest BCUT2D eigenvalue weighted by Gasteiger charge is -2.36. The molecule has 3 rings (SSSR count). The van der Waals surface area contributed by atoms with Crippen LogP contribution in [-0.2, 0) is 0 Å². The van der Waals surface area contributed by atoms with Crippen LogP contribution in [0.2, 0.25) is 0 Å². The summed E-state index contributed by atoms with van der Waals surface area (Å²) >= 11 is 11.4. The monoisotopic (exact) mass is 432 g/mol. The molecule has 2 aromatic carbocycles. The van der Waals surface area contributed by atoms with E-state index in [0.717, 1.165) is 32.6 Å².